The van der Waals surface area contributed by atoms with Crippen molar-refractivity contribution in [2.24, 2.45) is 0 Å². The van der Waals surface area contributed by atoms with E-state index >= 15 is 0 Å². The molecular weight excluding hydrogens is 282 g/mol. The Morgan fingerprint density at radius 3 is 2.41 bits per heavy atom. The van der Waals surface area contributed by atoms with Crippen LogP contribution in [-0.2, 0) is 9.59 Å². The number of hydrogen-bond donors (Lipinski definition) is 2. The second-order valence-corrected chi connectivity index (χ2v) is 5.56. The van der Waals surface area contributed by atoms with Crippen LogP contribution in [0.1, 0.15) is 18.4 Å². The number of urea groups is 1. The number of hydrogen-bond acceptors (Lipinski definition) is 3. The van der Waals surface area contributed by atoms with Gasteiger partial charge in [-0.25, -0.2) is 4.79 Å². The number of likely N-dealkylation sites (tertiary alicyclic amines) is 1. The smallest absolute Gasteiger partial charge is 0.322 e. The van der Waals surface area contributed by atoms with Gasteiger partial charge in [0.05, 0.1) is 0 Å². The minimum atomic E-state index is -0.836. The van der Waals surface area contributed by atoms with Crippen LogP contribution in [0.15, 0.2) is 36.4 Å². The highest BCUT2D eigenvalue weighted by Gasteiger charge is 2.48. The van der Waals surface area contributed by atoms with Crippen molar-refractivity contribution in [1.29, 1.82) is 0 Å². The number of nitrogens with one attached hydrogen (secondary N) is 2. The fraction of sp³-hybridized carbons (Fsp3) is 0.312. The zero-order valence-electron chi connectivity index (χ0n) is 12.0. The third-order valence-corrected chi connectivity index (χ3v) is 4.16. The summed E-state index contributed by atoms with van der Waals surface area (Å²) in [7, 11) is 0. The van der Waals surface area contributed by atoms with Crippen molar-refractivity contribution in [2.75, 3.05) is 13.1 Å². The normalized spacial score (nSPS) is 20.3. The molecule has 0 bridgehead atoms. The lowest BCUT2D eigenvalue weighted by atomic mass is 9.87. The average molecular weight is 299 g/mol. The van der Waals surface area contributed by atoms with Crippen LogP contribution in [0.3, 0.4) is 0 Å². The van der Waals surface area contributed by atoms with Gasteiger partial charge in [0.2, 0.25) is 5.91 Å². The minimum absolute atomic E-state index is 0.0802. The fourth-order valence-corrected chi connectivity index (χ4v) is 2.83. The quantitative estimate of drug-likeness (QED) is 0.629. The number of piperidine rings is 1. The van der Waals surface area contributed by atoms with E-state index < -0.39 is 11.6 Å². The molecule has 2 fully saturated rings. The zero-order chi connectivity index (χ0) is 15.6. The molecule has 6 nitrogen and oxygen atoms in total. The van der Waals surface area contributed by atoms with Gasteiger partial charge in [-0.15, -0.1) is 0 Å². The predicted molar refractivity (Wildman–Crippen MR) is 80.7 cm³/mol. The summed E-state index contributed by atoms with van der Waals surface area (Å²) in [5.41, 5.74) is 0.128. The fourth-order valence-electron chi connectivity index (χ4n) is 2.83. The van der Waals surface area contributed by atoms with Crippen LogP contribution in [0.25, 0.3) is 6.08 Å². The molecule has 114 valence electrons. The number of rotatable bonds is 2. The minimum Gasteiger partial charge on any atom is -0.339 e. The van der Waals surface area contributed by atoms with Crippen LogP contribution in [0, 0.1) is 0 Å². The molecule has 1 aromatic carbocycles. The van der Waals surface area contributed by atoms with Crippen LogP contribution in [0.5, 0.6) is 0 Å². The van der Waals surface area contributed by atoms with Crippen molar-refractivity contribution in [3.05, 3.63) is 42.0 Å². The van der Waals surface area contributed by atoms with E-state index in [1.165, 1.54) is 0 Å². The Balaban J connectivity index is 1.60. The van der Waals surface area contributed by atoms with E-state index in [1.54, 1.807) is 17.1 Å². The SMILES string of the molecule is O=C1NC(=O)C2(CCN(C(=O)C=Cc3ccccc3)CC2)N1. The number of nitrogens with zero attached hydrogens (tertiary/aromatic N) is 1. The van der Waals surface area contributed by atoms with Crippen molar-refractivity contribution in [3.63, 3.8) is 0 Å². The molecule has 2 saturated heterocycles. The van der Waals surface area contributed by atoms with E-state index in [2.05, 4.69) is 10.6 Å². The Kier molecular flexibility index (Phi) is 3.66. The molecule has 22 heavy (non-hydrogen) atoms. The molecule has 1 aromatic rings. The lowest BCUT2D eigenvalue weighted by molar-refractivity contribution is -0.132. The molecule has 6 heteroatoms. The highest BCUT2D eigenvalue weighted by molar-refractivity contribution is 6.07. The predicted octanol–water partition coefficient (Wildman–Crippen LogP) is 0.900. The first kappa shape index (κ1) is 14.3. The number of imide groups is 1. The van der Waals surface area contributed by atoms with E-state index in [-0.39, 0.29) is 11.8 Å². The largest absolute Gasteiger partial charge is 0.339 e. The van der Waals surface area contributed by atoms with Crippen LogP contribution < -0.4 is 10.6 Å². The summed E-state index contributed by atoms with van der Waals surface area (Å²) in [6, 6.07) is 9.14. The lowest BCUT2D eigenvalue weighted by Crippen LogP contribution is -2.55. The average Bonchev–Trinajstić information content (AvgIpc) is 2.80. The Morgan fingerprint density at radius 1 is 1.14 bits per heavy atom. The van der Waals surface area contributed by atoms with Crippen LogP contribution in [0.2, 0.25) is 0 Å². The van der Waals surface area contributed by atoms with E-state index in [4.69, 9.17) is 0 Å². The molecular formula is C16H17N3O3. The monoisotopic (exact) mass is 299 g/mol. The van der Waals surface area contributed by atoms with Gasteiger partial charge in [-0.1, -0.05) is 30.3 Å². The summed E-state index contributed by atoms with van der Waals surface area (Å²) in [4.78, 5) is 37.0. The Bertz CT molecular complexity index is 631. The third kappa shape index (κ3) is 2.72. The first-order valence-electron chi connectivity index (χ1n) is 7.25. The van der Waals surface area contributed by atoms with Crippen molar-refractivity contribution in [2.45, 2.75) is 18.4 Å². The summed E-state index contributed by atoms with van der Waals surface area (Å²) in [5.74, 6) is -0.368. The summed E-state index contributed by atoms with van der Waals surface area (Å²) >= 11 is 0. The molecule has 4 amide bonds. The highest BCUT2D eigenvalue weighted by atomic mass is 16.2. The van der Waals surface area contributed by atoms with Crippen molar-refractivity contribution in [3.8, 4) is 0 Å². The van der Waals surface area contributed by atoms with Crippen LogP contribution >= 0.6 is 0 Å². The number of carbonyl (C=O) groups is 3. The molecule has 2 aliphatic rings. The van der Waals surface area contributed by atoms with Crippen LogP contribution in [-0.4, -0.2) is 41.4 Å². The number of carbonyl (C=O) groups excluding carboxylic acids is 3. The maximum absolute atomic E-state index is 12.2. The molecule has 2 aliphatic heterocycles. The van der Waals surface area contributed by atoms with Gasteiger partial charge in [-0.2, -0.15) is 0 Å². The second-order valence-electron chi connectivity index (χ2n) is 5.56. The van der Waals surface area contributed by atoms with Gasteiger partial charge in [0.25, 0.3) is 5.91 Å². The first-order chi connectivity index (χ1) is 10.6. The molecule has 0 unspecified atom stereocenters. The second kappa shape index (κ2) is 5.63. The Hall–Kier alpha value is -2.63. The molecule has 2 N–H and O–H groups in total. The number of amides is 4. The Morgan fingerprint density at radius 2 is 1.82 bits per heavy atom. The lowest BCUT2D eigenvalue weighted by Gasteiger charge is -2.36. The summed E-state index contributed by atoms with van der Waals surface area (Å²) in [6.07, 6.45) is 4.20. The molecule has 0 radical (unpaired) electrons. The summed E-state index contributed by atoms with van der Waals surface area (Å²) < 4.78 is 0. The molecule has 2 heterocycles. The molecule has 0 aromatic heterocycles. The zero-order valence-corrected chi connectivity index (χ0v) is 12.0. The van der Waals surface area contributed by atoms with E-state index in [0.29, 0.717) is 25.9 Å². The van der Waals surface area contributed by atoms with Crippen LogP contribution in [0.4, 0.5) is 4.79 Å². The van der Waals surface area contributed by atoms with Gasteiger partial charge in [0.1, 0.15) is 5.54 Å². The van der Waals surface area contributed by atoms with Gasteiger partial charge < -0.3 is 10.2 Å². The molecule has 0 aliphatic carbocycles. The van der Waals surface area contributed by atoms with E-state index in [0.717, 1.165) is 5.56 Å². The summed E-state index contributed by atoms with van der Waals surface area (Å²) in [6.45, 7) is 0.900. The van der Waals surface area contributed by atoms with Gasteiger partial charge in [0, 0.05) is 19.2 Å². The number of benzene rings is 1. The maximum atomic E-state index is 12.2. The Labute approximate surface area is 128 Å². The van der Waals surface area contributed by atoms with E-state index in [9.17, 15) is 14.4 Å². The summed E-state index contributed by atoms with van der Waals surface area (Å²) in [5, 5.41) is 4.94. The molecule has 1 spiro atoms. The van der Waals surface area contributed by atoms with Crippen molar-refractivity contribution in [1.82, 2.24) is 15.5 Å². The van der Waals surface area contributed by atoms with E-state index in [1.807, 2.05) is 30.3 Å². The highest BCUT2D eigenvalue weighted by Crippen LogP contribution is 2.25. The maximum Gasteiger partial charge on any atom is 0.322 e. The molecule has 3 rings (SSSR count). The van der Waals surface area contributed by atoms with Crippen molar-refractivity contribution < 1.29 is 14.4 Å². The van der Waals surface area contributed by atoms with Gasteiger partial charge in [-0.3, -0.25) is 14.9 Å². The third-order valence-electron chi connectivity index (χ3n) is 4.16. The topological polar surface area (TPSA) is 78.5 Å². The molecule has 0 atom stereocenters. The standard InChI is InChI=1S/C16H17N3O3/c20-13(7-6-12-4-2-1-3-5-12)19-10-8-16(9-11-19)14(21)17-15(22)18-16/h1-7H,8-11H2,(H2,17,18,21,22). The molecule has 0 saturated carbocycles. The van der Waals surface area contributed by atoms with Gasteiger partial charge >= 0.3 is 6.03 Å². The van der Waals surface area contributed by atoms with Crippen molar-refractivity contribution >= 4 is 23.9 Å². The van der Waals surface area contributed by atoms with Gasteiger partial charge in [-0.05, 0) is 24.5 Å². The van der Waals surface area contributed by atoms with Gasteiger partial charge in [0.15, 0.2) is 0 Å². The first-order valence-corrected chi connectivity index (χ1v) is 7.25.